The first-order valence-corrected chi connectivity index (χ1v) is 17.1. The summed E-state index contributed by atoms with van der Waals surface area (Å²) in [6, 6.07) is 6.17. The molecule has 0 unspecified atom stereocenters. The van der Waals surface area contributed by atoms with E-state index in [2.05, 4.69) is 0 Å². The van der Waals surface area contributed by atoms with Crippen LogP contribution >= 0.6 is 11.6 Å². The average molecular weight is 791 g/mol. The Hall–Kier alpha value is -4.72. The molecule has 0 aliphatic carbocycles. The smallest absolute Gasteiger partial charge is 0.303 e. The molecular weight excluding hydrogens is 748 g/mol. The van der Waals surface area contributed by atoms with Crippen LogP contribution in [-0.4, -0.2) is 129 Å². The van der Waals surface area contributed by atoms with Crippen molar-refractivity contribution in [3.05, 3.63) is 24.3 Å². The number of hydrogen-bond acceptors (Lipinski definition) is 19. The van der Waals surface area contributed by atoms with Gasteiger partial charge in [-0.1, -0.05) is 0 Å². The van der Waals surface area contributed by atoms with E-state index in [9.17, 15) is 33.6 Å². The minimum Gasteiger partial charge on any atom is -0.492 e. The van der Waals surface area contributed by atoms with Gasteiger partial charge in [0.1, 0.15) is 49.6 Å². The molecule has 1 aromatic carbocycles. The molecule has 2 aliphatic rings. The van der Waals surface area contributed by atoms with E-state index in [4.69, 9.17) is 68.4 Å². The van der Waals surface area contributed by atoms with E-state index in [0.717, 1.165) is 48.5 Å². The largest absolute Gasteiger partial charge is 0.492 e. The van der Waals surface area contributed by atoms with Gasteiger partial charge in [-0.05, 0) is 24.3 Å². The Bertz CT molecular complexity index is 1480. The molecule has 20 heteroatoms. The van der Waals surface area contributed by atoms with E-state index >= 15 is 0 Å². The lowest BCUT2D eigenvalue weighted by Crippen LogP contribution is -2.67. The van der Waals surface area contributed by atoms with Crippen molar-refractivity contribution in [2.24, 2.45) is 0 Å². The zero-order valence-corrected chi connectivity index (χ0v) is 31.3. The number of ether oxygens (including phenoxy) is 12. The molecule has 2 fully saturated rings. The Morgan fingerprint density at radius 3 is 1.37 bits per heavy atom. The topological polar surface area (TPSA) is 230 Å². The number of hydrogen-bond donors (Lipinski definition) is 0. The Labute approximate surface area is 314 Å². The first-order valence-electron chi connectivity index (χ1n) is 16.5. The number of halogens is 1. The molecule has 0 amide bonds. The minimum absolute atomic E-state index is 0.183. The van der Waals surface area contributed by atoms with Gasteiger partial charge in [0.05, 0.1) is 5.88 Å². The SMILES string of the molecule is CC(=O)OC[C@H]1O[C@@H](O[C@H]2[C@H](OC(C)=O)[C@@H](OC(C)=O)[C@H](Oc3ccc(OCCCl)cc3)O[C@@H]2COC(C)=O)[C@H](OC(C)=O)[C@@H](OC(C)=O)[C@H]1OC(C)=O. The third-order valence-corrected chi connectivity index (χ3v) is 7.46. The molecule has 54 heavy (non-hydrogen) atoms. The number of rotatable bonds is 16. The maximum atomic E-state index is 12.6. The van der Waals surface area contributed by atoms with Crippen LogP contribution in [0.3, 0.4) is 0 Å². The molecule has 0 aromatic heterocycles. The quantitative estimate of drug-likeness (QED) is 0.130. The summed E-state index contributed by atoms with van der Waals surface area (Å²) >= 11 is 5.69. The van der Waals surface area contributed by atoms with Crippen LogP contribution in [0.1, 0.15) is 48.5 Å². The first-order chi connectivity index (χ1) is 25.5. The monoisotopic (exact) mass is 790 g/mol. The summed E-state index contributed by atoms with van der Waals surface area (Å²) in [5.74, 6) is -5.04. The van der Waals surface area contributed by atoms with Crippen molar-refractivity contribution in [3.8, 4) is 11.5 Å². The fourth-order valence-electron chi connectivity index (χ4n) is 5.47. The maximum Gasteiger partial charge on any atom is 0.303 e. The Morgan fingerprint density at radius 2 is 0.907 bits per heavy atom. The van der Waals surface area contributed by atoms with E-state index in [1.165, 1.54) is 12.1 Å². The lowest BCUT2D eigenvalue weighted by atomic mass is 9.96. The summed E-state index contributed by atoms with van der Waals surface area (Å²) in [5, 5.41) is 0. The molecule has 0 spiro atoms. The highest BCUT2D eigenvalue weighted by atomic mass is 35.5. The fraction of sp³-hybridized carbons (Fsp3) is 0.618. The number of esters is 7. The highest BCUT2D eigenvalue weighted by molar-refractivity contribution is 6.18. The van der Waals surface area contributed by atoms with E-state index in [1.807, 2.05) is 0 Å². The van der Waals surface area contributed by atoms with Gasteiger partial charge in [-0.15, -0.1) is 11.6 Å². The van der Waals surface area contributed by atoms with E-state index in [-0.39, 0.29) is 18.2 Å². The van der Waals surface area contributed by atoms with Crippen LogP contribution in [-0.2, 0) is 80.9 Å². The summed E-state index contributed by atoms with van der Waals surface area (Å²) in [7, 11) is 0. The molecule has 3 rings (SSSR count). The van der Waals surface area contributed by atoms with Gasteiger partial charge in [0.2, 0.25) is 12.4 Å². The van der Waals surface area contributed by atoms with Crippen LogP contribution in [0.25, 0.3) is 0 Å². The van der Waals surface area contributed by atoms with Gasteiger partial charge in [0.25, 0.3) is 0 Å². The molecule has 300 valence electrons. The Kier molecular flexibility index (Phi) is 16.7. The number of alkyl halides is 1. The highest BCUT2D eigenvalue weighted by Crippen LogP contribution is 2.36. The van der Waals surface area contributed by atoms with Crippen molar-refractivity contribution in [2.45, 2.75) is 110 Å². The van der Waals surface area contributed by atoms with Gasteiger partial charge in [-0.2, -0.15) is 0 Å². The third-order valence-electron chi connectivity index (χ3n) is 7.31. The molecule has 2 saturated heterocycles. The van der Waals surface area contributed by atoms with Crippen LogP contribution in [0.2, 0.25) is 0 Å². The summed E-state index contributed by atoms with van der Waals surface area (Å²) in [6.45, 7) is 6.56. The molecule has 0 N–H and O–H groups in total. The Balaban J connectivity index is 2.14. The van der Waals surface area contributed by atoms with Gasteiger partial charge in [-0.3, -0.25) is 33.6 Å². The number of benzene rings is 1. The molecule has 2 heterocycles. The van der Waals surface area contributed by atoms with Gasteiger partial charge in [-0.25, -0.2) is 0 Å². The standard InChI is InChI=1S/C34H43ClO19/c1-16(36)44-14-25-27(46-18(3)38)29(47-19(4)39)32(50-22(7)42)34(53-25)54-28-26(15-45-17(2)37)52-33(31(49-21(6)41)30(28)48-20(5)40)51-24-10-8-23(9-11-24)43-13-12-35/h8-11,25-34H,12-15H2,1-7H3/t25-,26-,27+,28-,29+,30+,31-,32-,33-,34+/m1/s1. The van der Waals surface area contributed by atoms with Crippen LogP contribution in [0.4, 0.5) is 0 Å². The maximum absolute atomic E-state index is 12.6. The zero-order valence-electron chi connectivity index (χ0n) is 30.5. The van der Waals surface area contributed by atoms with Crippen molar-refractivity contribution in [1.29, 1.82) is 0 Å². The van der Waals surface area contributed by atoms with Gasteiger partial charge >= 0.3 is 41.8 Å². The molecule has 2 aliphatic heterocycles. The predicted molar refractivity (Wildman–Crippen MR) is 177 cm³/mol. The summed E-state index contributed by atoms with van der Waals surface area (Å²) in [5.41, 5.74) is 0. The second-order valence-corrected chi connectivity index (χ2v) is 12.2. The van der Waals surface area contributed by atoms with E-state index < -0.39 is 116 Å². The molecule has 1 aromatic rings. The first kappa shape index (κ1) is 43.7. The molecule has 0 saturated carbocycles. The summed E-state index contributed by atoms with van der Waals surface area (Å²) in [4.78, 5) is 85.8. The lowest BCUT2D eigenvalue weighted by Gasteiger charge is -2.48. The van der Waals surface area contributed by atoms with Crippen molar-refractivity contribution in [1.82, 2.24) is 0 Å². The Morgan fingerprint density at radius 1 is 0.519 bits per heavy atom. The molecule has 10 atom stereocenters. The molecule has 19 nitrogen and oxygen atoms in total. The van der Waals surface area contributed by atoms with Crippen LogP contribution in [0.5, 0.6) is 11.5 Å². The lowest BCUT2D eigenvalue weighted by molar-refractivity contribution is -0.354. The van der Waals surface area contributed by atoms with Crippen molar-refractivity contribution >= 4 is 53.4 Å². The fourth-order valence-corrected chi connectivity index (χ4v) is 5.55. The third kappa shape index (κ3) is 13.3. The normalized spacial score (nSPS) is 27.6. The van der Waals surface area contributed by atoms with Crippen molar-refractivity contribution < 1.29 is 90.4 Å². The highest BCUT2D eigenvalue weighted by Gasteiger charge is 2.58. The van der Waals surface area contributed by atoms with Crippen molar-refractivity contribution in [2.75, 3.05) is 25.7 Å². The van der Waals surface area contributed by atoms with Crippen LogP contribution in [0.15, 0.2) is 24.3 Å². The minimum atomic E-state index is -1.81. The zero-order chi connectivity index (χ0) is 40.1. The number of carbonyl (C=O) groups excluding carboxylic acids is 7. The van der Waals surface area contributed by atoms with Crippen LogP contribution < -0.4 is 9.47 Å². The van der Waals surface area contributed by atoms with E-state index in [1.54, 1.807) is 12.1 Å². The summed E-state index contributed by atoms with van der Waals surface area (Å²) in [6.07, 6.45) is -15.8. The second kappa shape index (κ2) is 20.7. The predicted octanol–water partition coefficient (Wildman–Crippen LogP) is 1.30. The molecule has 0 bridgehead atoms. The van der Waals surface area contributed by atoms with Crippen molar-refractivity contribution in [3.63, 3.8) is 0 Å². The second-order valence-electron chi connectivity index (χ2n) is 11.8. The molecular formula is C34H43ClO19. The van der Waals surface area contributed by atoms with Crippen LogP contribution in [0, 0.1) is 0 Å². The van der Waals surface area contributed by atoms with Gasteiger partial charge in [0, 0.05) is 48.5 Å². The van der Waals surface area contributed by atoms with Gasteiger partial charge < -0.3 is 56.8 Å². The average Bonchev–Trinajstić information content (AvgIpc) is 3.06. The molecule has 0 radical (unpaired) electrons. The number of carbonyl (C=O) groups is 7. The summed E-state index contributed by atoms with van der Waals surface area (Å²) < 4.78 is 68.1. The van der Waals surface area contributed by atoms with E-state index in [0.29, 0.717) is 5.75 Å². The van der Waals surface area contributed by atoms with Gasteiger partial charge in [0.15, 0.2) is 30.7 Å².